The van der Waals surface area contributed by atoms with Crippen molar-refractivity contribution in [1.29, 1.82) is 0 Å². The van der Waals surface area contributed by atoms with Crippen molar-refractivity contribution < 1.29 is 8.42 Å². The van der Waals surface area contributed by atoms with Gasteiger partial charge in [0.05, 0.1) is 11.5 Å². The first-order valence-corrected chi connectivity index (χ1v) is 5.67. The van der Waals surface area contributed by atoms with Crippen LogP contribution >= 0.6 is 12.4 Å². The Balaban J connectivity index is 0.000000720. The molecule has 0 aromatic rings. The van der Waals surface area contributed by atoms with Crippen molar-refractivity contribution >= 4 is 22.2 Å². The van der Waals surface area contributed by atoms with Gasteiger partial charge in [0.15, 0.2) is 9.84 Å². The molecule has 2 fully saturated rings. The van der Waals surface area contributed by atoms with Crippen LogP contribution in [0.1, 0.15) is 0 Å². The number of sulfone groups is 1. The summed E-state index contributed by atoms with van der Waals surface area (Å²) < 4.78 is 22.2. The van der Waals surface area contributed by atoms with E-state index in [1.165, 1.54) is 0 Å². The van der Waals surface area contributed by atoms with E-state index >= 15 is 0 Å². The number of halogens is 1. The summed E-state index contributed by atoms with van der Waals surface area (Å²) in [4.78, 5) is 0. The van der Waals surface area contributed by atoms with Gasteiger partial charge in [0.25, 0.3) is 0 Å². The molecule has 0 radical (unpaired) electrons. The molecule has 12 heavy (non-hydrogen) atoms. The Morgan fingerprint density at radius 3 is 1.83 bits per heavy atom. The Hall–Kier alpha value is 0.160. The average molecular weight is 213 g/mol. The number of hydrogen-bond acceptors (Lipinski definition) is 4. The highest BCUT2D eigenvalue weighted by Crippen LogP contribution is 2.13. The first-order valence-electron chi connectivity index (χ1n) is 3.84. The predicted octanol–water partition coefficient (Wildman–Crippen LogP) is -1.23. The van der Waals surface area contributed by atoms with Crippen molar-refractivity contribution in [1.82, 2.24) is 10.6 Å². The second kappa shape index (κ2) is 3.49. The summed E-state index contributed by atoms with van der Waals surface area (Å²) in [6.45, 7) is 1.77. The monoisotopic (exact) mass is 212 g/mol. The predicted molar refractivity (Wildman–Crippen MR) is 49.5 cm³/mol. The highest BCUT2D eigenvalue weighted by atomic mass is 35.5. The zero-order valence-corrected chi connectivity index (χ0v) is 8.25. The molecule has 2 saturated heterocycles. The van der Waals surface area contributed by atoms with Gasteiger partial charge in [-0.1, -0.05) is 0 Å². The molecule has 0 unspecified atom stereocenters. The van der Waals surface area contributed by atoms with Gasteiger partial charge in [-0.3, -0.25) is 0 Å². The lowest BCUT2D eigenvalue weighted by Crippen LogP contribution is -2.55. The molecule has 0 saturated carbocycles. The van der Waals surface area contributed by atoms with Gasteiger partial charge in [0, 0.05) is 25.2 Å². The van der Waals surface area contributed by atoms with Crippen LogP contribution in [0.5, 0.6) is 0 Å². The lowest BCUT2D eigenvalue weighted by Gasteiger charge is -2.26. The molecule has 72 valence electrons. The molecule has 2 aliphatic rings. The van der Waals surface area contributed by atoms with Crippen molar-refractivity contribution in [3.05, 3.63) is 0 Å². The number of hydrogen-bond donors (Lipinski definition) is 2. The molecular weight excluding hydrogens is 200 g/mol. The third kappa shape index (κ3) is 1.90. The van der Waals surface area contributed by atoms with Crippen LogP contribution in [-0.2, 0) is 9.84 Å². The normalized spacial score (nSPS) is 38.3. The Morgan fingerprint density at radius 2 is 1.42 bits per heavy atom. The lowest BCUT2D eigenvalue weighted by atomic mass is 10.1. The fourth-order valence-electron chi connectivity index (χ4n) is 1.76. The van der Waals surface area contributed by atoms with Crippen LogP contribution in [0.15, 0.2) is 0 Å². The zero-order valence-electron chi connectivity index (χ0n) is 6.62. The molecule has 2 aliphatic heterocycles. The molecule has 0 aliphatic carbocycles. The Labute approximate surface area is 78.4 Å². The van der Waals surface area contributed by atoms with E-state index < -0.39 is 9.84 Å². The molecule has 0 bridgehead atoms. The van der Waals surface area contributed by atoms with E-state index in [4.69, 9.17) is 0 Å². The number of piperazine rings is 1. The van der Waals surface area contributed by atoms with Gasteiger partial charge >= 0.3 is 0 Å². The van der Waals surface area contributed by atoms with Crippen LogP contribution in [0, 0.1) is 0 Å². The molecule has 0 spiro atoms. The van der Waals surface area contributed by atoms with Gasteiger partial charge in [0.2, 0.25) is 0 Å². The van der Waals surface area contributed by atoms with Crippen LogP contribution in [-0.4, -0.2) is 45.1 Å². The Bertz CT molecular complexity index is 234. The van der Waals surface area contributed by atoms with Gasteiger partial charge in [-0.05, 0) is 0 Å². The second-order valence-corrected chi connectivity index (χ2v) is 5.35. The van der Waals surface area contributed by atoms with Crippen LogP contribution in [0.3, 0.4) is 0 Å². The van der Waals surface area contributed by atoms with E-state index in [1.807, 2.05) is 0 Å². The van der Waals surface area contributed by atoms with Gasteiger partial charge < -0.3 is 10.6 Å². The molecule has 0 aromatic heterocycles. The third-order valence-corrected chi connectivity index (χ3v) is 4.02. The quantitative estimate of drug-likeness (QED) is 0.528. The van der Waals surface area contributed by atoms with Crippen LogP contribution in [0.2, 0.25) is 0 Å². The lowest BCUT2D eigenvalue weighted by molar-refractivity contribution is 0.377. The van der Waals surface area contributed by atoms with Gasteiger partial charge in [0.1, 0.15) is 0 Å². The van der Waals surface area contributed by atoms with Crippen LogP contribution in [0.4, 0.5) is 0 Å². The van der Waals surface area contributed by atoms with Crippen molar-refractivity contribution in [2.24, 2.45) is 0 Å². The van der Waals surface area contributed by atoms with E-state index in [9.17, 15) is 8.42 Å². The topological polar surface area (TPSA) is 58.2 Å². The van der Waals surface area contributed by atoms with E-state index in [1.54, 1.807) is 0 Å². The standard InChI is InChI=1S/C6H12N2O2S.ClH/c9-11(10)3-5-6(4-11)8-2-1-7-5;/h5-8H,1-4H2;1H/t5-,6+;. The molecule has 0 amide bonds. The molecule has 2 atom stereocenters. The molecule has 6 heteroatoms. The minimum atomic E-state index is -2.75. The van der Waals surface area contributed by atoms with Gasteiger partial charge in [-0.15, -0.1) is 12.4 Å². The molecule has 2 heterocycles. The number of rotatable bonds is 0. The molecule has 0 aromatic carbocycles. The Morgan fingerprint density at radius 1 is 1.00 bits per heavy atom. The summed E-state index contributed by atoms with van der Waals surface area (Å²) in [5.41, 5.74) is 0. The molecular formula is C6H13ClN2O2S. The van der Waals surface area contributed by atoms with E-state index in [0.717, 1.165) is 13.1 Å². The molecule has 2 N–H and O–H groups in total. The number of fused-ring (bicyclic) bond motifs is 1. The fraction of sp³-hybridized carbons (Fsp3) is 1.00. The average Bonchev–Trinajstić information content (AvgIpc) is 2.21. The van der Waals surface area contributed by atoms with E-state index in [-0.39, 0.29) is 24.5 Å². The van der Waals surface area contributed by atoms with Crippen molar-refractivity contribution in [2.45, 2.75) is 12.1 Å². The summed E-state index contributed by atoms with van der Waals surface area (Å²) in [5.74, 6) is 0.620. The first-order chi connectivity index (χ1) is 5.17. The maximum atomic E-state index is 11.1. The summed E-state index contributed by atoms with van der Waals surface area (Å²) in [5, 5.41) is 6.39. The van der Waals surface area contributed by atoms with E-state index in [2.05, 4.69) is 10.6 Å². The summed E-state index contributed by atoms with van der Waals surface area (Å²) >= 11 is 0. The van der Waals surface area contributed by atoms with Crippen molar-refractivity contribution in [3.63, 3.8) is 0 Å². The SMILES string of the molecule is Cl.O=S1(=O)C[C@@H]2NCCN[C@@H]2C1. The first kappa shape index (κ1) is 10.2. The minimum Gasteiger partial charge on any atom is -0.310 e. The summed E-state index contributed by atoms with van der Waals surface area (Å²) in [6, 6.07) is 0.322. The minimum absolute atomic E-state index is 0. The van der Waals surface area contributed by atoms with Gasteiger partial charge in [-0.2, -0.15) is 0 Å². The maximum absolute atomic E-state index is 11.1. The van der Waals surface area contributed by atoms with Crippen molar-refractivity contribution in [3.8, 4) is 0 Å². The highest BCUT2D eigenvalue weighted by molar-refractivity contribution is 7.91. The molecule has 2 rings (SSSR count). The third-order valence-electron chi connectivity index (χ3n) is 2.29. The Kier molecular flexibility index (Phi) is 2.98. The maximum Gasteiger partial charge on any atom is 0.153 e. The highest BCUT2D eigenvalue weighted by Gasteiger charge is 2.38. The molecule has 4 nitrogen and oxygen atoms in total. The van der Waals surface area contributed by atoms with Crippen molar-refractivity contribution in [2.75, 3.05) is 24.6 Å². The fourth-order valence-corrected chi connectivity index (χ4v) is 3.70. The summed E-state index contributed by atoms with van der Waals surface area (Å²) in [6.07, 6.45) is 0. The van der Waals surface area contributed by atoms with Gasteiger partial charge in [-0.25, -0.2) is 8.42 Å². The van der Waals surface area contributed by atoms with E-state index in [0.29, 0.717) is 11.5 Å². The smallest absolute Gasteiger partial charge is 0.153 e. The van der Waals surface area contributed by atoms with Crippen LogP contribution < -0.4 is 10.6 Å². The largest absolute Gasteiger partial charge is 0.310 e. The summed E-state index contributed by atoms with van der Waals surface area (Å²) in [7, 11) is -2.75. The number of nitrogens with one attached hydrogen (secondary N) is 2. The van der Waals surface area contributed by atoms with Crippen LogP contribution in [0.25, 0.3) is 0 Å². The zero-order chi connectivity index (χ0) is 7.90. The second-order valence-electron chi connectivity index (χ2n) is 3.20.